The molecule has 0 unspecified atom stereocenters. The maximum Gasteiger partial charge on any atom is 0.151 e. The molecule has 1 fully saturated rings. The maximum absolute atomic E-state index is 5.93. The fourth-order valence-electron chi connectivity index (χ4n) is 3.04. The molecule has 2 aromatic heterocycles. The van der Waals surface area contributed by atoms with Crippen molar-refractivity contribution < 1.29 is 4.52 Å². The van der Waals surface area contributed by atoms with Gasteiger partial charge in [0.15, 0.2) is 5.76 Å². The predicted molar refractivity (Wildman–Crippen MR) is 106 cm³/mol. The molecule has 26 heavy (non-hydrogen) atoms. The van der Waals surface area contributed by atoms with E-state index in [9.17, 15) is 0 Å². The molecule has 1 saturated heterocycles. The first-order valence-electron chi connectivity index (χ1n) is 8.38. The SMILES string of the molecule is Cl.Clc1ccc(-c2cc(CN3CCN(c4ccccn4)CC3)on2)cc1. The Morgan fingerprint density at radius 3 is 2.46 bits per heavy atom. The van der Waals surface area contributed by atoms with Crippen LogP contribution in [0.5, 0.6) is 0 Å². The summed E-state index contributed by atoms with van der Waals surface area (Å²) in [5.74, 6) is 1.93. The topological polar surface area (TPSA) is 45.4 Å². The quantitative estimate of drug-likeness (QED) is 0.669. The van der Waals surface area contributed by atoms with Crippen molar-refractivity contribution in [3.63, 3.8) is 0 Å². The molecule has 5 nitrogen and oxygen atoms in total. The van der Waals surface area contributed by atoms with Crippen LogP contribution in [0.1, 0.15) is 5.76 Å². The van der Waals surface area contributed by atoms with Gasteiger partial charge >= 0.3 is 0 Å². The monoisotopic (exact) mass is 390 g/mol. The van der Waals surface area contributed by atoms with Gasteiger partial charge in [0, 0.05) is 49.0 Å². The first-order valence-corrected chi connectivity index (χ1v) is 8.75. The average Bonchev–Trinajstić information content (AvgIpc) is 3.12. The molecule has 0 atom stereocenters. The van der Waals surface area contributed by atoms with Crippen molar-refractivity contribution in [3.8, 4) is 11.3 Å². The van der Waals surface area contributed by atoms with E-state index in [4.69, 9.17) is 16.1 Å². The van der Waals surface area contributed by atoms with Crippen molar-refractivity contribution in [2.45, 2.75) is 6.54 Å². The summed E-state index contributed by atoms with van der Waals surface area (Å²) in [6.45, 7) is 4.67. The van der Waals surface area contributed by atoms with Crippen LogP contribution in [-0.2, 0) is 6.54 Å². The molecule has 0 radical (unpaired) electrons. The van der Waals surface area contributed by atoms with Crippen LogP contribution in [0.15, 0.2) is 59.3 Å². The minimum Gasteiger partial charge on any atom is -0.359 e. The van der Waals surface area contributed by atoms with Crippen LogP contribution in [0.4, 0.5) is 5.82 Å². The Bertz CT molecular complexity index is 815. The van der Waals surface area contributed by atoms with Gasteiger partial charge in [0.25, 0.3) is 0 Å². The number of anilines is 1. The van der Waals surface area contributed by atoms with Crippen molar-refractivity contribution in [2.24, 2.45) is 0 Å². The molecule has 1 aliphatic rings. The van der Waals surface area contributed by atoms with E-state index in [1.54, 1.807) is 0 Å². The molecular formula is C19H20Cl2N4O. The van der Waals surface area contributed by atoms with Crippen LogP contribution in [-0.4, -0.2) is 41.2 Å². The van der Waals surface area contributed by atoms with Crippen molar-refractivity contribution >= 4 is 29.8 Å². The second kappa shape index (κ2) is 8.54. The summed E-state index contributed by atoms with van der Waals surface area (Å²) in [5, 5.41) is 4.90. The number of piperazine rings is 1. The van der Waals surface area contributed by atoms with E-state index < -0.39 is 0 Å². The number of halogens is 2. The Morgan fingerprint density at radius 2 is 1.77 bits per heavy atom. The first-order chi connectivity index (χ1) is 12.3. The lowest BCUT2D eigenvalue weighted by Crippen LogP contribution is -2.46. The molecule has 4 rings (SSSR count). The smallest absolute Gasteiger partial charge is 0.151 e. The third-order valence-electron chi connectivity index (χ3n) is 4.42. The second-order valence-corrected chi connectivity index (χ2v) is 6.57. The number of hydrogen-bond acceptors (Lipinski definition) is 5. The maximum atomic E-state index is 5.93. The van der Waals surface area contributed by atoms with E-state index in [0.717, 1.165) is 60.6 Å². The van der Waals surface area contributed by atoms with E-state index in [1.807, 2.05) is 48.7 Å². The zero-order valence-corrected chi connectivity index (χ0v) is 15.8. The number of benzene rings is 1. The van der Waals surface area contributed by atoms with Gasteiger partial charge < -0.3 is 9.42 Å². The van der Waals surface area contributed by atoms with E-state index in [1.165, 1.54) is 0 Å². The summed E-state index contributed by atoms with van der Waals surface area (Å²) in [7, 11) is 0. The Morgan fingerprint density at radius 1 is 1.00 bits per heavy atom. The highest BCUT2D eigenvalue weighted by atomic mass is 35.5. The van der Waals surface area contributed by atoms with Crippen LogP contribution in [0.3, 0.4) is 0 Å². The van der Waals surface area contributed by atoms with Gasteiger partial charge in [0.05, 0.1) is 6.54 Å². The molecule has 0 aliphatic carbocycles. The van der Waals surface area contributed by atoms with Crippen molar-refractivity contribution in [1.29, 1.82) is 0 Å². The molecule has 136 valence electrons. The largest absolute Gasteiger partial charge is 0.359 e. The van der Waals surface area contributed by atoms with Gasteiger partial charge in [-0.1, -0.05) is 35.0 Å². The molecule has 3 heterocycles. The van der Waals surface area contributed by atoms with Gasteiger partial charge in [0.1, 0.15) is 11.5 Å². The van der Waals surface area contributed by atoms with Crippen molar-refractivity contribution in [1.82, 2.24) is 15.0 Å². The Balaban J connectivity index is 0.00000196. The Labute approximate surface area is 164 Å². The van der Waals surface area contributed by atoms with E-state index in [2.05, 4.69) is 26.0 Å². The third kappa shape index (κ3) is 4.36. The molecule has 0 saturated carbocycles. The van der Waals surface area contributed by atoms with Crippen LogP contribution in [0, 0.1) is 0 Å². The molecule has 1 aromatic carbocycles. The number of aromatic nitrogens is 2. The lowest BCUT2D eigenvalue weighted by atomic mass is 10.1. The minimum absolute atomic E-state index is 0. The summed E-state index contributed by atoms with van der Waals surface area (Å²) in [6.07, 6.45) is 1.84. The van der Waals surface area contributed by atoms with Gasteiger partial charge in [-0.3, -0.25) is 4.90 Å². The standard InChI is InChI=1S/C19H19ClN4O.ClH/c20-16-6-4-15(5-7-16)18-13-17(25-22-18)14-23-9-11-24(12-10-23)19-3-1-2-8-21-19;/h1-8,13H,9-12,14H2;1H. The lowest BCUT2D eigenvalue weighted by Gasteiger charge is -2.34. The van der Waals surface area contributed by atoms with Gasteiger partial charge in [-0.25, -0.2) is 4.98 Å². The number of rotatable bonds is 4. The molecule has 3 aromatic rings. The van der Waals surface area contributed by atoms with Gasteiger partial charge in [0.2, 0.25) is 0 Å². The normalized spacial score (nSPS) is 14.9. The van der Waals surface area contributed by atoms with Crippen molar-refractivity contribution in [2.75, 3.05) is 31.1 Å². The predicted octanol–water partition coefficient (Wildman–Crippen LogP) is 4.13. The Kier molecular flexibility index (Phi) is 6.14. The summed E-state index contributed by atoms with van der Waals surface area (Å²) >= 11 is 5.93. The van der Waals surface area contributed by atoms with E-state index in [-0.39, 0.29) is 12.4 Å². The van der Waals surface area contributed by atoms with Crippen LogP contribution < -0.4 is 4.90 Å². The van der Waals surface area contributed by atoms with E-state index >= 15 is 0 Å². The molecule has 0 spiro atoms. The summed E-state index contributed by atoms with van der Waals surface area (Å²) < 4.78 is 5.51. The zero-order chi connectivity index (χ0) is 17.1. The van der Waals surface area contributed by atoms with Crippen LogP contribution >= 0.6 is 24.0 Å². The molecule has 1 aliphatic heterocycles. The minimum atomic E-state index is 0. The molecular weight excluding hydrogens is 371 g/mol. The average molecular weight is 391 g/mol. The fraction of sp³-hybridized carbons (Fsp3) is 0.263. The fourth-order valence-corrected chi connectivity index (χ4v) is 3.17. The van der Waals surface area contributed by atoms with Crippen molar-refractivity contribution in [3.05, 3.63) is 65.5 Å². The highest BCUT2D eigenvalue weighted by molar-refractivity contribution is 6.30. The zero-order valence-electron chi connectivity index (χ0n) is 14.2. The Hall–Kier alpha value is -2.08. The molecule has 0 N–H and O–H groups in total. The second-order valence-electron chi connectivity index (χ2n) is 6.14. The number of pyridine rings is 1. The van der Waals surface area contributed by atoms with Gasteiger partial charge in [-0.05, 0) is 24.3 Å². The highest BCUT2D eigenvalue weighted by Crippen LogP contribution is 2.22. The molecule has 7 heteroatoms. The number of hydrogen-bond donors (Lipinski definition) is 0. The summed E-state index contributed by atoms with van der Waals surface area (Å²) in [6, 6.07) is 15.7. The van der Waals surface area contributed by atoms with Gasteiger partial charge in [-0.2, -0.15) is 0 Å². The van der Waals surface area contributed by atoms with Crippen LogP contribution in [0.25, 0.3) is 11.3 Å². The third-order valence-corrected chi connectivity index (χ3v) is 4.68. The summed E-state index contributed by atoms with van der Waals surface area (Å²) in [5.41, 5.74) is 1.86. The van der Waals surface area contributed by atoms with Crippen LogP contribution in [0.2, 0.25) is 5.02 Å². The highest BCUT2D eigenvalue weighted by Gasteiger charge is 2.19. The lowest BCUT2D eigenvalue weighted by molar-refractivity contribution is 0.219. The number of nitrogens with zero attached hydrogens (tertiary/aromatic N) is 4. The van der Waals surface area contributed by atoms with E-state index in [0.29, 0.717) is 0 Å². The first kappa shape index (κ1) is 18.7. The van der Waals surface area contributed by atoms with Gasteiger partial charge in [-0.15, -0.1) is 12.4 Å². The molecule has 0 bridgehead atoms. The molecule has 0 amide bonds. The summed E-state index contributed by atoms with van der Waals surface area (Å²) in [4.78, 5) is 9.12.